The molecule has 0 unspecified atom stereocenters. The zero-order valence-electron chi connectivity index (χ0n) is 8.71. The zero-order chi connectivity index (χ0) is 12.5. The number of hydrogen-bond acceptors (Lipinski definition) is 5. The van der Waals surface area contributed by atoms with Gasteiger partial charge in [0.2, 0.25) is 0 Å². The first kappa shape index (κ1) is 12.3. The summed E-state index contributed by atoms with van der Waals surface area (Å²) in [6.07, 6.45) is -0.687. The topological polar surface area (TPSA) is 81.8 Å². The lowest BCUT2D eigenvalue weighted by Gasteiger charge is -2.30. The highest BCUT2D eigenvalue weighted by Crippen LogP contribution is 2.32. The Balaban J connectivity index is 2.07. The van der Waals surface area contributed by atoms with Gasteiger partial charge in [-0.25, -0.2) is 0 Å². The average Bonchev–Trinajstić information content (AvgIpc) is 2.30. The number of phenols is 1. The lowest BCUT2D eigenvalue weighted by Crippen LogP contribution is -2.46. The van der Waals surface area contributed by atoms with E-state index in [0.717, 1.165) is 0 Å². The van der Waals surface area contributed by atoms with Gasteiger partial charge in [-0.2, -0.15) is 0 Å². The van der Waals surface area contributed by atoms with E-state index in [2.05, 4.69) is 15.9 Å². The van der Waals surface area contributed by atoms with Gasteiger partial charge in [-0.3, -0.25) is 10.1 Å². The minimum atomic E-state index is -1.39. The second kappa shape index (κ2) is 4.59. The molecule has 6 nitrogen and oxygen atoms in total. The second-order valence-electron chi connectivity index (χ2n) is 3.72. The monoisotopic (exact) mass is 303 g/mol. The van der Waals surface area contributed by atoms with Gasteiger partial charge in [-0.1, -0.05) is 12.1 Å². The van der Waals surface area contributed by atoms with Crippen molar-refractivity contribution < 1.29 is 19.5 Å². The number of rotatable bonds is 2. The predicted molar refractivity (Wildman–Crippen MR) is 61.4 cm³/mol. The van der Waals surface area contributed by atoms with Gasteiger partial charge in [-0.05, 0) is 12.1 Å². The van der Waals surface area contributed by atoms with E-state index in [9.17, 15) is 15.2 Å². The number of nitrogens with zero attached hydrogens (tertiary/aromatic N) is 1. The van der Waals surface area contributed by atoms with Crippen molar-refractivity contribution in [3.63, 3.8) is 0 Å². The molecule has 0 atom stereocenters. The Kier molecular flexibility index (Phi) is 3.32. The number of phenolic OH excluding ortho intramolecular Hbond substituents is 1. The Labute approximate surface area is 105 Å². The smallest absolute Gasteiger partial charge is 0.320 e. The van der Waals surface area contributed by atoms with E-state index in [0.29, 0.717) is 5.56 Å². The molecule has 92 valence electrons. The van der Waals surface area contributed by atoms with E-state index in [4.69, 9.17) is 9.47 Å². The van der Waals surface area contributed by atoms with Crippen LogP contribution < -0.4 is 0 Å². The first-order valence-corrected chi connectivity index (χ1v) is 5.66. The fraction of sp³-hybridized carbons (Fsp3) is 0.400. The maximum atomic E-state index is 10.7. The Morgan fingerprint density at radius 1 is 1.47 bits per heavy atom. The van der Waals surface area contributed by atoms with E-state index >= 15 is 0 Å². The Bertz CT molecular complexity index is 430. The van der Waals surface area contributed by atoms with Gasteiger partial charge in [0.1, 0.15) is 19.0 Å². The largest absolute Gasteiger partial charge is 0.508 e. The molecular weight excluding hydrogens is 294 g/mol. The Hall–Kier alpha value is -1.18. The molecule has 1 aromatic carbocycles. The minimum Gasteiger partial charge on any atom is -0.508 e. The number of hydrogen-bond donors (Lipinski definition) is 1. The molecule has 1 aliphatic heterocycles. The van der Waals surface area contributed by atoms with E-state index in [1.54, 1.807) is 12.1 Å². The van der Waals surface area contributed by atoms with Crippen LogP contribution in [-0.4, -0.2) is 27.7 Å². The Morgan fingerprint density at radius 2 is 2.12 bits per heavy atom. The summed E-state index contributed by atoms with van der Waals surface area (Å²) in [6, 6.07) is 6.40. The van der Waals surface area contributed by atoms with Crippen LogP contribution in [0.4, 0.5) is 0 Å². The lowest BCUT2D eigenvalue weighted by atomic mass is 10.2. The van der Waals surface area contributed by atoms with Crippen LogP contribution in [0.25, 0.3) is 0 Å². The van der Waals surface area contributed by atoms with Crippen molar-refractivity contribution in [1.29, 1.82) is 0 Å². The van der Waals surface area contributed by atoms with Crippen LogP contribution in [0.3, 0.4) is 0 Å². The number of alkyl halides is 1. The van der Waals surface area contributed by atoms with Crippen LogP contribution in [-0.2, 0) is 9.47 Å². The molecule has 1 fully saturated rings. The standard InChI is InChI=1S/C10H10BrNO5/c11-10(12(14)15)5-16-9(17-6-10)7-2-1-3-8(13)4-7/h1-4,9,13H,5-6H2. The third-order valence-electron chi connectivity index (χ3n) is 2.38. The molecule has 0 saturated carbocycles. The van der Waals surface area contributed by atoms with E-state index in [-0.39, 0.29) is 19.0 Å². The number of aromatic hydroxyl groups is 1. The zero-order valence-corrected chi connectivity index (χ0v) is 10.3. The van der Waals surface area contributed by atoms with Crippen molar-refractivity contribution in [3.05, 3.63) is 39.9 Å². The third-order valence-corrected chi connectivity index (χ3v) is 3.13. The van der Waals surface area contributed by atoms with Crippen molar-refractivity contribution in [1.82, 2.24) is 0 Å². The summed E-state index contributed by atoms with van der Waals surface area (Å²) in [6.45, 7) is -0.194. The van der Waals surface area contributed by atoms with Crippen LogP contribution in [0.15, 0.2) is 24.3 Å². The molecule has 17 heavy (non-hydrogen) atoms. The maximum absolute atomic E-state index is 10.7. The molecule has 1 aromatic rings. The molecule has 1 N–H and O–H groups in total. The molecular formula is C10H10BrNO5. The SMILES string of the molecule is O=[N+]([O-])C1(Br)COC(c2cccc(O)c2)OC1. The minimum absolute atomic E-state index is 0.0969. The molecule has 0 bridgehead atoms. The highest BCUT2D eigenvalue weighted by atomic mass is 79.9. The van der Waals surface area contributed by atoms with Gasteiger partial charge in [0.25, 0.3) is 0 Å². The maximum Gasteiger partial charge on any atom is 0.320 e. The number of halogens is 1. The van der Waals surface area contributed by atoms with Gasteiger partial charge < -0.3 is 14.6 Å². The van der Waals surface area contributed by atoms with Gasteiger partial charge in [-0.15, -0.1) is 0 Å². The summed E-state index contributed by atoms with van der Waals surface area (Å²) in [4.78, 5) is 10.3. The summed E-state index contributed by atoms with van der Waals surface area (Å²) < 4.78 is 9.16. The summed E-state index contributed by atoms with van der Waals surface area (Å²) in [5, 5.41) is 20.0. The van der Waals surface area contributed by atoms with Crippen LogP contribution in [0.5, 0.6) is 5.75 Å². The van der Waals surface area contributed by atoms with Crippen LogP contribution >= 0.6 is 15.9 Å². The highest BCUT2D eigenvalue weighted by molar-refractivity contribution is 9.10. The number of nitro groups is 1. The Morgan fingerprint density at radius 3 is 2.65 bits per heavy atom. The first-order chi connectivity index (χ1) is 8.01. The molecule has 0 amide bonds. The first-order valence-electron chi connectivity index (χ1n) is 4.87. The fourth-order valence-electron chi connectivity index (χ4n) is 1.47. The van der Waals surface area contributed by atoms with Gasteiger partial charge in [0, 0.05) is 26.4 Å². The van der Waals surface area contributed by atoms with E-state index in [1.165, 1.54) is 12.1 Å². The third kappa shape index (κ3) is 2.56. The molecule has 0 radical (unpaired) electrons. The molecule has 1 saturated heterocycles. The van der Waals surface area contributed by atoms with Gasteiger partial charge >= 0.3 is 4.45 Å². The molecule has 0 aromatic heterocycles. The predicted octanol–water partition coefficient (Wildman–Crippen LogP) is 1.81. The van der Waals surface area contributed by atoms with Crippen molar-refractivity contribution >= 4 is 15.9 Å². The summed E-state index contributed by atoms with van der Waals surface area (Å²) in [5.74, 6) is 0.0969. The van der Waals surface area contributed by atoms with E-state index < -0.39 is 15.7 Å². The molecule has 7 heteroatoms. The van der Waals surface area contributed by atoms with Gasteiger partial charge in [0.05, 0.1) is 0 Å². The quantitative estimate of drug-likeness (QED) is 0.390. The summed E-state index contributed by atoms with van der Waals surface area (Å²) in [5.41, 5.74) is 0.628. The highest BCUT2D eigenvalue weighted by Gasteiger charge is 2.45. The lowest BCUT2D eigenvalue weighted by molar-refractivity contribution is -0.557. The van der Waals surface area contributed by atoms with Crippen molar-refractivity contribution in [2.75, 3.05) is 13.2 Å². The summed E-state index contributed by atoms with van der Waals surface area (Å²) >= 11 is 2.98. The van der Waals surface area contributed by atoms with Crippen LogP contribution in [0.2, 0.25) is 0 Å². The van der Waals surface area contributed by atoms with Crippen molar-refractivity contribution in [2.45, 2.75) is 10.7 Å². The second-order valence-corrected chi connectivity index (χ2v) is 5.20. The number of ether oxygens (including phenoxy) is 2. The average molecular weight is 304 g/mol. The van der Waals surface area contributed by atoms with Crippen molar-refractivity contribution in [3.8, 4) is 5.75 Å². The molecule has 1 aliphatic rings. The molecule has 0 spiro atoms. The van der Waals surface area contributed by atoms with Crippen LogP contribution in [0.1, 0.15) is 11.9 Å². The molecule has 1 heterocycles. The normalized spacial score (nSPS) is 28.9. The van der Waals surface area contributed by atoms with Gasteiger partial charge in [0.15, 0.2) is 6.29 Å². The van der Waals surface area contributed by atoms with E-state index in [1.807, 2.05) is 0 Å². The van der Waals surface area contributed by atoms with Crippen LogP contribution in [0, 0.1) is 10.1 Å². The van der Waals surface area contributed by atoms with Crippen molar-refractivity contribution in [2.24, 2.45) is 0 Å². The number of benzene rings is 1. The molecule has 0 aliphatic carbocycles. The fourth-order valence-corrected chi connectivity index (χ4v) is 1.73. The molecule has 2 rings (SSSR count). The summed E-state index contributed by atoms with van der Waals surface area (Å²) in [7, 11) is 0.